The highest BCUT2D eigenvalue weighted by molar-refractivity contribution is 5.87. The van der Waals surface area contributed by atoms with E-state index in [9.17, 15) is 9.18 Å². The maximum absolute atomic E-state index is 12.8. The fraction of sp³-hybridized carbons (Fsp3) is 0.562. The second-order valence-corrected chi connectivity index (χ2v) is 4.52. The highest BCUT2D eigenvalue weighted by atomic mass is 19.1. The highest BCUT2D eigenvalue weighted by Gasteiger charge is 2.37. The number of hydrogen-bond acceptors (Lipinski definition) is 1. The van der Waals surface area contributed by atoms with Crippen LogP contribution in [0.2, 0.25) is 0 Å². The Hall–Kier alpha value is -1.18. The lowest BCUT2D eigenvalue weighted by Crippen LogP contribution is -2.32. The van der Waals surface area contributed by atoms with E-state index in [1.165, 1.54) is 0 Å². The summed E-state index contributed by atoms with van der Waals surface area (Å²) >= 11 is 0. The van der Waals surface area contributed by atoms with E-state index >= 15 is 0 Å². The minimum Gasteiger partial charge on any atom is -0.299 e. The summed E-state index contributed by atoms with van der Waals surface area (Å²) in [5.74, 6) is 0.141. The van der Waals surface area contributed by atoms with Crippen LogP contribution in [-0.2, 0) is 4.79 Å². The van der Waals surface area contributed by atoms with Gasteiger partial charge >= 0.3 is 0 Å². The molecule has 0 saturated heterocycles. The molecule has 0 saturated carbocycles. The van der Waals surface area contributed by atoms with Crippen molar-refractivity contribution in [3.8, 4) is 0 Å². The molecule has 0 rings (SSSR count). The average Bonchev–Trinajstić information content (AvgIpc) is 2.37. The van der Waals surface area contributed by atoms with Crippen molar-refractivity contribution in [2.45, 2.75) is 46.5 Å². The number of allylic oxidation sites excluding steroid dienone is 5. The largest absolute Gasteiger partial charge is 0.299 e. The standard InChI is InChI=1S/C16H25FO/c1-5-8-9-10-14(4)16(11-6-2,12-13-17)15(18)7-3/h5,8-10H,1,6-7,11-13H2,2-4H3/b9-8-,14-10+. The molecule has 0 aliphatic heterocycles. The summed E-state index contributed by atoms with van der Waals surface area (Å²) in [6.45, 7) is 8.94. The van der Waals surface area contributed by atoms with E-state index in [1.54, 1.807) is 6.08 Å². The lowest BCUT2D eigenvalue weighted by Gasteiger charge is -2.32. The van der Waals surface area contributed by atoms with Gasteiger partial charge in [-0.3, -0.25) is 9.18 Å². The van der Waals surface area contributed by atoms with Crippen molar-refractivity contribution >= 4 is 5.78 Å². The second kappa shape index (κ2) is 8.84. The van der Waals surface area contributed by atoms with Crippen LogP contribution in [0.1, 0.15) is 46.5 Å². The Kier molecular flexibility index (Phi) is 8.27. The van der Waals surface area contributed by atoms with Gasteiger partial charge in [-0.05, 0) is 19.8 Å². The lowest BCUT2D eigenvalue weighted by atomic mass is 9.70. The maximum atomic E-state index is 12.8. The van der Waals surface area contributed by atoms with E-state index in [0.717, 1.165) is 12.0 Å². The number of carbonyl (C=O) groups excluding carboxylic acids is 1. The third-order valence-corrected chi connectivity index (χ3v) is 3.40. The summed E-state index contributed by atoms with van der Waals surface area (Å²) in [6.07, 6.45) is 9.59. The molecule has 0 aromatic rings. The van der Waals surface area contributed by atoms with Crippen LogP contribution >= 0.6 is 0 Å². The van der Waals surface area contributed by atoms with Gasteiger partial charge in [-0.2, -0.15) is 0 Å². The molecule has 0 fully saturated rings. The normalized spacial score (nSPS) is 15.7. The first-order valence-electron chi connectivity index (χ1n) is 6.64. The summed E-state index contributed by atoms with van der Waals surface area (Å²) < 4.78 is 12.8. The molecular weight excluding hydrogens is 227 g/mol. The third-order valence-electron chi connectivity index (χ3n) is 3.40. The number of rotatable bonds is 9. The summed E-state index contributed by atoms with van der Waals surface area (Å²) in [7, 11) is 0. The lowest BCUT2D eigenvalue weighted by molar-refractivity contribution is -0.127. The third kappa shape index (κ3) is 4.25. The average molecular weight is 252 g/mol. The first-order valence-corrected chi connectivity index (χ1v) is 6.64. The van der Waals surface area contributed by atoms with Gasteiger partial charge in [-0.1, -0.05) is 56.7 Å². The summed E-state index contributed by atoms with van der Waals surface area (Å²) in [5.41, 5.74) is 0.330. The van der Waals surface area contributed by atoms with Crippen LogP contribution in [0.3, 0.4) is 0 Å². The molecule has 0 aliphatic rings. The Morgan fingerprint density at radius 3 is 2.39 bits per heavy atom. The van der Waals surface area contributed by atoms with Crippen molar-refractivity contribution in [2.24, 2.45) is 5.41 Å². The Morgan fingerprint density at radius 1 is 1.28 bits per heavy atom. The molecule has 0 radical (unpaired) electrons. The Balaban J connectivity index is 5.38. The van der Waals surface area contributed by atoms with Crippen LogP contribution in [0, 0.1) is 5.41 Å². The zero-order chi connectivity index (χ0) is 14.0. The molecule has 0 spiro atoms. The molecular formula is C16H25FO. The van der Waals surface area contributed by atoms with Gasteiger partial charge in [0.25, 0.3) is 0 Å². The molecule has 0 aliphatic carbocycles. The van der Waals surface area contributed by atoms with Gasteiger partial charge in [-0.15, -0.1) is 0 Å². The monoisotopic (exact) mass is 252 g/mol. The van der Waals surface area contributed by atoms with Crippen LogP contribution in [0.25, 0.3) is 0 Å². The van der Waals surface area contributed by atoms with Gasteiger partial charge in [0.2, 0.25) is 0 Å². The molecule has 0 aromatic heterocycles. The Morgan fingerprint density at radius 2 is 1.94 bits per heavy atom. The van der Waals surface area contributed by atoms with Crippen molar-refractivity contribution in [3.63, 3.8) is 0 Å². The molecule has 0 aromatic carbocycles. The summed E-state index contributed by atoms with van der Waals surface area (Å²) in [5, 5.41) is 0. The van der Waals surface area contributed by atoms with E-state index in [4.69, 9.17) is 0 Å². The molecule has 18 heavy (non-hydrogen) atoms. The molecule has 1 atom stereocenters. The van der Waals surface area contributed by atoms with Gasteiger partial charge in [0.1, 0.15) is 5.78 Å². The molecule has 0 bridgehead atoms. The number of alkyl halides is 1. The number of Topliss-reactive ketones (excluding diaryl/α,β-unsaturated/α-hetero) is 1. The molecule has 0 amide bonds. The van der Waals surface area contributed by atoms with Crippen molar-refractivity contribution in [1.29, 1.82) is 0 Å². The van der Waals surface area contributed by atoms with Gasteiger partial charge in [0.05, 0.1) is 12.1 Å². The number of carbonyl (C=O) groups is 1. The van der Waals surface area contributed by atoms with Crippen molar-refractivity contribution < 1.29 is 9.18 Å². The predicted molar refractivity (Wildman–Crippen MR) is 76.3 cm³/mol. The fourth-order valence-electron chi connectivity index (χ4n) is 2.38. The van der Waals surface area contributed by atoms with Gasteiger partial charge < -0.3 is 0 Å². The quantitative estimate of drug-likeness (QED) is 0.539. The maximum Gasteiger partial charge on any atom is 0.142 e. The predicted octanol–water partition coefficient (Wildman–Crippen LogP) is 4.80. The van der Waals surface area contributed by atoms with Crippen LogP contribution in [0.4, 0.5) is 4.39 Å². The van der Waals surface area contributed by atoms with E-state index in [0.29, 0.717) is 12.8 Å². The van der Waals surface area contributed by atoms with Crippen LogP contribution in [0.15, 0.2) is 36.5 Å². The molecule has 2 heteroatoms. The molecule has 102 valence electrons. The van der Waals surface area contributed by atoms with Crippen LogP contribution < -0.4 is 0 Å². The second-order valence-electron chi connectivity index (χ2n) is 4.52. The first-order chi connectivity index (χ1) is 8.58. The van der Waals surface area contributed by atoms with E-state index in [1.807, 2.05) is 39.0 Å². The molecule has 1 unspecified atom stereocenters. The minimum absolute atomic E-state index is 0.141. The SMILES string of the molecule is C=C/C=C\C=C(/C)C(CCC)(CCF)C(=O)CC. The van der Waals surface area contributed by atoms with Crippen LogP contribution in [0.5, 0.6) is 0 Å². The van der Waals surface area contributed by atoms with Crippen molar-refractivity contribution in [3.05, 3.63) is 36.5 Å². The Labute approximate surface area is 110 Å². The van der Waals surface area contributed by atoms with E-state index in [2.05, 4.69) is 6.58 Å². The fourth-order valence-corrected chi connectivity index (χ4v) is 2.38. The molecule has 0 N–H and O–H groups in total. The zero-order valence-electron chi connectivity index (χ0n) is 11.8. The summed E-state index contributed by atoms with van der Waals surface area (Å²) in [4.78, 5) is 12.2. The van der Waals surface area contributed by atoms with Gasteiger partial charge in [0.15, 0.2) is 0 Å². The minimum atomic E-state index is -0.621. The van der Waals surface area contributed by atoms with Gasteiger partial charge in [0, 0.05) is 6.42 Å². The van der Waals surface area contributed by atoms with E-state index < -0.39 is 12.1 Å². The number of halogens is 1. The molecule has 1 nitrogen and oxygen atoms in total. The topological polar surface area (TPSA) is 17.1 Å². The first kappa shape index (κ1) is 16.8. The van der Waals surface area contributed by atoms with Crippen molar-refractivity contribution in [2.75, 3.05) is 6.67 Å². The summed E-state index contributed by atoms with van der Waals surface area (Å²) in [6, 6.07) is 0. The Bertz CT molecular complexity index is 320. The number of ketones is 1. The van der Waals surface area contributed by atoms with Crippen molar-refractivity contribution in [1.82, 2.24) is 0 Å². The highest BCUT2D eigenvalue weighted by Crippen LogP contribution is 2.38. The van der Waals surface area contributed by atoms with Gasteiger partial charge in [-0.25, -0.2) is 0 Å². The smallest absolute Gasteiger partial charge is 0.142 e. The number of hydrogen-bond donors (Lipinski definition) is 0. The van der Waals surface area contributed by atoms with E-state index in [-0.39, 0.29) is 12.2 Å². The zero-order valence-corrected chi connectivity index (χ0v) is 11.8. The molecule has 0 heterocycles. The van der Waals surface area contributed by atoms with Crippen LogP contribution in [-0.4, -0.2) is 12.5 Å².